The van der Waals surface area contributed by atoms with Gasteiger partial charge >= 0.3 is 0 Å². The van der Waals surface area contributed by atoms with Crippen LogP contribution in [0.5, 0.6) is 0 Å². The zero-order valence-corrected chi connectivity index (χ0v) is 11.0. The lowest BCUT2D eigenvalue weighted by Crippen LogP contribution is -2.50. The lowest BCUT2D eigenvalue weighted by Gasteiger charge is -2.37. The van der Waals surface area contributed by atoms with Crippen molar-refractivity contribution in [2.45, 2.75) is 26.3 Å². The minimum atomic E-state index is 0.0516. The van der Waals surface area contributed by atoms with Crippen LogP contribution < -0.4 is 4.90 Å². The van der Waals surface area contributed by atoms with Gasteiger partial charge in [0.25, 0.3) is 0 Å². The first kappa shape index (κ1) is 12.8. The van der Waals surface area contributed by atoms with Crippen molar-refractivity contribution in [3.63, 3.8) is 0 Å². The Balaban J connectivity index is 1.97. The molecule has 1 aromatic heterocycles. The minimum absolute atomic E-state index is 0.0516. The Labute approximate surface area is 108 Å². The summed E-state index contributed by atoms with van der Waals surface area (Å²) in [5.41, 5.74) is 1.13. The summed E-state index contributed by atoms with van der Waals surface area (Å²) in [7, 11) is 0. The summed E-state index contributed by atoms with van der Waals surface area (Å²) < 4.78 is 0. The summed E-state index contributed by atoms with van der Waals surface area (Å²) in [5, 5.41) is 17.2. The Morgan fingerprint density at radius 2 is 2.11 bits per heavy atom. The number of nitriles is 1. The highest BCUT2D eigenvalue weighted by molar-refractivity contribution is 5.39. The van der Waals surface area contributed by atoms with Crippen molar-refractivity contribution in [2.75, 3.05) is 31.1 Å². The monoisotopic (exact) mass is 245 g/mol. The van der Waals surface area contributed by atoms with Crippen LogP contribution in [0, 0.1) is 18.3 Å². The highest BCUT2D eigenvalue weighted by atomic mass is 15.3. The van der Waals surface area contributed by atoms with E-state index in [9.17, 15) is 0 Å². The molecule has 5 nitrogen and oxygen atoms in total. The van der Waals surface area contributed by atoms with Crippen molar-refractivity contribution in [1.29, 1.82) is 5.26 Å². The van der Waals surface area contributed by atoms with Gasteiger partial charge in [0.2, 0.25) is 0 Å². The standard InChI is InChI=1S/C13H19N5/c1-3-12(9-14)17-4-6-18(7-5-17)13-8-11(2)10-15-16-13/h8,10,12H,3-7H2,1-2H3. The fourth-order valence-electron chi connectivity index (χ4n) is 2.30. The smallest absolute Gasteiger partial charge is 0.151 e. The second-order valence-corrected chi connectivity index (χ2v) is 4.67. The van der Waals surface area contributed by atoms with Crippen molar-refractivity contribution in [2.24, 2.45) is 0 Å². The molecule has 1 fully saturated rings. The number of nitrogens with zero attached hydrogens (tertiary/aromatic N) is 5. The van der Waals surface area contributed by atoms with Crippen molar-refractivity contribution in [3.05, 3.63) is 17.8 Å². The van der Waals surface area contributed by atoms with Crippen LogP contribution in [0.25, 0.3) is 0 Å². The van der Waals surface area contributed by atoms with Gasteiger partial charge in [-0.25, -0.2) is 0 Å². The van der Waals surface area contributed by atoms with Crippen LogP contribution in [0.15, 0.2) is 12.3 Å². The fraction of sp³-hybridized carbons (Fsp3) is 0.615. The molecule has 5 heteroatoms. The molecular weight excluding hydrogens is 226 g/mol. The highest BCUT2D eigenvalue weighted by Crippen LogP contribution is 2.15. The van der Waals surface area contributed by atoms with Gasteiger partial charge in [-0.05, 0) is 25.0 Å². The molecule has 18 heavy (non-hydrogen) atoms. The molecule has 0 saturated carbocycles. The van der Waals surface area contributed by atoms with Crippen LogP contribution in [0.2, 0.25) is 0 Å². The van der Waals surface area contributed by atoms with Crippen molar-refractivity contribution in [3.8, 4) is 6.07 Å². The van der Waals surface area contributed by atoms with Crippen molar-refractivity contribution >= 4 is 5.82 Å². The number of hydrogen-bond donors (Lipinski definition) is 0. The number of aromatic nitrogens is 2. The fourth-order valence-corrected chi connectivity index (χ4v) is 2.30. The summed E-state index contributed by atoms with van der Waals surface area (Å²) in [5.74, 6) is 0.944. The third-order valence-electron chi connectivity index (χ3n) is 3.39. The van der Waals surface area contributed by atoms with Gasteiger partial charge in [-0.1, -0.05) is 6.92 Å². The summed E-state index contributed by atoms with van der Waals surface area (Å²) in [4.78, 5) is 4.49. The lowest BCUT2D eigenvalue weighted by atomic mass is 10.2. The Hall–Kier alpha value is -1.67. The van der Waals surface area contributed by atoms with E-state index in [2.05, 4.69) is 39.1 Å². The molecule has 1 aromatic rings. The Morgan fingerprint density at radius 1 is 1.39 bits per heavy atom. The summed E-state index contributed by atoms with van der Waals surface area (Å²) >= 11 is 0. The maximum atomic E-state index is 9.07. The van der Waals surface area contributed by atoms with E-state index >= 15 is 0 Å². The molecule has 0 spiro atoms. The van der Waals surface area contributed by atoms with Crippen LogP contribution in [0.3, 0.4) is 0 Å². The molecule has 1 atom stereocenters. The van der Waals surface area contributed by atoms with Gasteiger partial charge in [0.05, 0.1) is 18.3 Å². The SMILES string of the molecule is CCC(C#N)N1CCN(c2cc(C)cnn2)CC1. The van der Waals surface area contributed by atoms with Crippen molar-refractivity contribution < 1.29 is 0 Å². The molecule has 1 saturated heterocycles. The highest BCUT2D eigenvalue weighted by Gasteiger charge is 2.23. The predicted octanol–water partition coefficient (Wildman–Crippen LogP) is 1.21. The Morgan fingerprint density at radius 3 is 2.67 bits per heavy atom. The molecule has 0 amide bonds. The third kappa shape index (κ3) is 2.77. The van der Waals surface area contributed by atoms with E-state index < -0.39 is 0 Å². The summed E-state index contributed by atoms with van der Waals surface area (Å²) in [6.07, 6.45) is 2.66. The molecule has 1 aliphatic heterocycles. The number of piperazine rings is 1. The van der Waals surface area contributed by atoms with Crippen LogP contribution in [0.1, 0.15) is 18.9 Å². The topological polar surface area (TPSA) is 56.1 Å². The first-order valence-corrected chi connectivity index (χ1v) is 6.42. The number of anilines is 1. The maximum Gasteiger partial charge on any atom is 0.151 e. The van der Waals surface area contributed by atoms with E-state index in [0.29, 0.717) is 0 Å². The molecular formula is C13H19N5. The molecule has 1 unspecified atom stereocenters. The minimum Gasteiger partial charge on any atom is -0.353 e. The van der Waals surface area contributed by atoms with Gasteiger partial charge in [-0.15, -0.1) is 5.10 Å². The van der Waals surface area contributed by atoms with Crippen LogP contribution in [-0.4, -0.2) is 47.3 Å². The van der Waals surface area contributed by atoms with E-state index in [4.69, 9.17) is 5.26 Å². The normalized spacial score (nSPS) is 18.4. The van der Waals surface area contributed by atoms with E-state index in [1.807, 2.05) is 6.92 Å². The largest absolute Gasteiger partial charge is 0.353 e. The summed E-state index contributed by atoms with van der Waals surface area (Å²) in [6.45, 7) is 7.75. The first-order valence-electron chi connectivity index (χ1n) is 6.42. The second-order valence-electron chi connectivity index (χ2n) is 4.67. The molecule has 96 valence electrons. The van der Waals surface area contributed by atoms with Crippen molar-refractivity contribution in [1.82, 2.24) is 15.1 Å². The number of hydrogen-bond acceptors (Lipinski definition) is 5. The molecule has 0 radical (unpaired) electrons. The van der Waals surface area contributed by atoms with Gasteiger partial charge in [0, 0.05) is 26.2 Å². The van der Waals surface area contributed by atoms with Gasteiger partial charge in [0.1, 0.15) is 0 Å². The van der Waals surface area contributed by atoms with E-state index in [-0.39, 0.29) is 6.04 Å². The van der Waals surface area contributed by atoms with E-state index in [1.54, 1.807) is 6.20 Å². The molecule has 0 N–H and O–H groups in total. The molecule has 0 aliphatic carbocycles. The molecule has 2 rings (SSSR count). The molecule has 0 aromatic carbocycles. The average molecular weight is 245 g/mol. The Kier molecular flexibility index (Phi) is 4.11. The van der Waals surface area contributed by atoms with E-state index in [1.165, 1.54) is 0 Å². The van der Waals surface area contributed by atoms with Gasteiger partial charge in [0.15, 0.2) is 5.82 Å². The van der Waals surface area contributed by atoms with Gasteiger partial charge in [-0.2, -0.15) is 10.4 Å². The molecule has 1 aliphatic rings. The quantitative estimate of drug-likeness (QED) is 0.801. The number of aryl methyl sites for hydroxylation is 1. The molecule has 2 heterocycles. The zero-order valence-electron chi connectivity index (χ0n) is 11.0. The van der Waals surface area contributed by atoms with Crippen LogP contribution in [0.4, 0.5) is 5.82 Å². The molecule has 0 bridgehead atoms. The van der Waals surface area contributed by atoms with Crippen LogP contribution >= 0.6 is 0 Å². The third-order valence-corrected chi connectivity index (χ3v) is 3.39. The van der Waals surface area contributed by atoms with Crippen LogP contribution in [-0.2, 0) is 0 Å². The predicted molar refractivity (Wildman–Crippen MR) is 70.2 cm³/mol. The first-order chi connectivity index (χ1) is 8.74. The zero-order chi connectivity index (χ0) is 13.0. The van der Waals surface area contributed by atoms with Gasteiger partial charge in [-0.3, -0.25) is 4.90 Å². The lowest BCUT2D eigenvalue weighted by molar-refractivity contribution is 0.216. The summed E-state index contributed by atoms with van der Waals surface area (Å²) in [6, 6.07) is 4.48. The second kappa shape index (κ2) is 5.78. The Bertz CT molecular complexity index is 431. The maximum absolute atomic E-state index is 9.07. The average Bonchev–Trinajstić information content (AvgIpc) is 2.41. The van der Waals surface area contributed by atoms with E-state index in [0.717, 1.165) is 44.0 Å². The van der Waals surface area contributed by atoms with Gasteiger partial charge < -0.3 is 4.90 Å². The number of rotatable bonds is 3.